The van der Waals surface area contributed by atoms with Crippen LogP contribution < -0.4 is 11.1 Å². The number of Topliss-reactive ketones (excluding diaryl/α,β-unsaturated/α-hetero) is 1. The van der Waals surface area contributed by atoms with Crippen molar-refractivity contribution in [2.24, 2.45) is 0 Å². The smallest absolute Gasteiger partial charge is 0.215 e. The van der Waals surface area contributed by atoms with Crippen LogP contribution in [0.4, 0.5) is 11.6 Å². The van der Waals surface area contributed by atoms with E-state index < -0.39 is 0 Å². The highest BCUT2D eigenvalue weighted by Gasteiger charge is 2.29. The first-order chi connectivity index (χ1) is 9.72. The predicted octanol–water partition coefficient (Wildman–Crippen LogP) is 1.97. The number of hydrogen-bond donors (Lipinski definition) is 2. The number of aromatic nitrogens is 2. The number of hydrogen-bond acceptors (Lipinski definition) is 6. The van der Waals surface area contributed by atoms with Gasteiger partial charge in [-0.1, -0.05) is 30.3 Å². The molecule has 3 N–H and O–H groups in total. The SMILES string of the molecule is Nc1nonc1N[C@@H]1CC(=O)C[C@@H](c2ccccc2)C1. The van der Waals surface area contributed by atoms with Gasteiger partial charge in [0.05, 0.1) is 0 Å². The number of carbonyl (C=O) groups is 1. The van der Waals surface area contributed by atoms with Gasteiger partial charge in [0.2, 0.25) is 11.6 Å². The van der Waals surface area contributed by atoms with Crippen LogP contribution in [0.15, 0.2) is 35.0 Å². The van der Waals surface area contributed by atoms with Crippen LogP contribution in [-0.2, 0) is 4.79 Å². The highest BCUT2D eigenvalue weighted by atomic mass is 16.6. The molecule has 3 rings (SSSR count). The van der Waals surface area contributed by atoms with Crippen molar-refractivity contribution in [1.82, 2.24) is 10.3 Å². The van der Waals surface area contributed by atoms with Crippen molar-refractivity contribution in [2.45, 2.75) is 31.2 Å². The summed E-state index contributed by atoms with van der Waals surface area (Å²) >= 11 is 0. The maximum absolute atomic E-state index is 11.9. The lowest BCUT2D eigenvalue weighted by Gasteiger charge is -2.29. The van der Waals surface area contributed by atoms with Gasteiger partial charge in [0.25, 0.3) is 0 Å². The standard InChI is InChI=1S/C14H16N4O2/c15-13-14(18-20-17-13)16-11-6-10(7-12(19)8-11)9-4-2-1-3-5-9/h1-5,10-11H,6-8H2,(H2,15,17)(H,16,18)/t10-,11-/m0/s1. The predicted molar refractivity (Wildman–Crippen MR) is 74.2 cm³/mol. The van der Waals surface area contributed by atoms with E-state index in [1.54, 1.807) is 0 Å². The summed E-state index contributed by atoms with van der Waals surface area (Å²) in [6.45, 7) is 0. The molecule has 1 aliphatic rings. The molecule has 2 aromatic rings. The van der Waals surface area contributed by atoms with E-state index >= 15 is 0 Å². The van der Waals surface area contributed by atoms with Crippen molar-refractivity contribution in [3.63, 3.8) is 0 Å². The topological polar surface area (TPSA) is 94.0 Å². The van der Waals surface area contributed by atoms with Gasteiger partial charge in [0.15, 0.2) is 0 Å². The highest BCUT2D eigenvalue weighted by Crippen LogP contribution is 2.32. The summed E-state index contributed by atoms with van der Waals surface area (Å²) in [6, 6.07) is 10.1. The summed E-state index contributed by atoms with van der Waals surface area (Å²) in [5.41, 5.74) is 6.82. The van der Waals surface area contributed by atoms with Crippen molar-refractivity contribution < 1.29 is 9.42 Å². The van der Waals surface area contributed by atoms with Gasteiger partial charge in [0, 0.05) is 18.9 Å². The average molecular weight is 272 g/mol. The molecule has 1 aromatic heterocycles. The van der Waals surface area contributed by atoms with Crippen LogP contribution >= 0.6 is 0 Å². The summed E-state index contributed by atoms with van der Waals surface area (Å²) in [5, 5.41) is 10.4. The molecule has 6 heteroatoms. The number of carbonyl (C=O) groups excluding carboxylic acids is 1. The molecule has 104 valence electrons. The maximum atomic E-state index is 11.9. The minimum Gasteiger partial charge on any atom is -0.378 e. The molecule has 0 spiro atoms. The summed E-state index contributed by atoms with van der Waals surface area (Å²) in [4.78, 5) is 11.9. The summed E-state index contributed by atoms with van der Waals surface area (Å²) < 4.78 is 4.55. The second-order valence-electron chi connectivity index (χ2n) is 5.13. The molecule has 0 bridgehead atoms. The second-order valence-corrected chi connectivity index (χ2v) is 5.13. The Kier molecular flexibility index (Phi) is 3.37. The zero-order chi connectivity index (χ0) is 13.9. The normalized spacial score (nSPS) is 22.7. The molecule has 1 aromatic carbocycles. The monoisotopic (exact) mass is 272 g/mol. The Balaban J connectivity index is 1.74. The molecule has 1 fully saturated rings. The minimum absolute atomic E-state index is 0.00987. The Morgan fingerprint density at radius 3 is 2.70 bits per heavy atom. The van der Waals surface area contributed by atoms with E-state index in [4.69, 9.17) is 5.73 Å². The molecule has 0 saturated heterocycles. The average Bonchev–Trinajstić information content (AvgIpc) is 2.85. The van der Waals surface area contributed by atoms with E-state index in [9.17, 15) is 4.79 Å². The third-order valence-corrected chi connectivity index (χ3v) is 3.64. The molecule has 0 aliphatic heterocycles. The van der Waals surface area contributed by atoms with E-state index in [1.807, 2.05) is 18.2 Å². The molecule has 1 saturated carbocycles. The Labute approximate surface area is 116 Å². The molecule has 0 radical (unpaired) electrons. The van der Waals surface area contributed by atoms with E-state index in [-0.39, 0.29) is 23.6 Å². The Hall–Kier alpha value is -2.37. The molecule has 1 aliphatic carbocycles. The number of ketones is 1. The van der Waals surface area contributed by atoms with E-state index in [1.165, 1.54) is 5.56 Å². The van der Waals surface area contributed by atoms with Gasteiger partial charge in [-0.25, -0.2) is 4.63 Å². The molecule has 20 heavy (non-hydrogen) atoms. The molecule has 2 atom stereocenters. The van der Waals surface area contributed by atoms with Gasteiger partial charge in [-0.15, -0.1) is 0 Å². The lowest BCUT2D eigenvalue weighted by atomic mass is 9.80. The van der Waals surface area contributed by atoms with E-state index in [2.05, 4.69) is 32.4 Å². The highest BCUT2D eigenvalue weighted by molar-refractivity contribution is 5.81. The minimum atomic E-state index is 0.00987. The van der Waals surface area contributed by atoms with Crippen LogP contribution in [0.25, 0.3) is 0 Å². The fourth-order valence-corrected chi connectivity index (χ4v) is 2.72. The quantitative estimate of drug-likeness (QED) is 0.887. The zero-order valence-corrected chi connectivity index (χ0v) is 11.0. The molecular weight excluding hydrogens is 256 g/mol. The fraction of sp³-hybridized carbons (Fsp3) is 0.357. The maximum Gasteiger partial charge on any atom is 0.215 e. The van der Waals surface area contributed by atoms with E-state index in [0.717, 1.165) is 6.42 Å². The van der Waals surface area contributed by atoms with E-state index in [0.29, 0.717) is 18.7 Å². The number of nitrogen functional groups attached to an aromatic ring is 1. The van der Waals surface area contributed by atoms with Crippen LogP contribution in [0.5, 0.6) is 0 Å². The van der Waals surface area contributed by atoms with Crippen molar-refractivity contribution in [3.8, 4) is 0 Å². The van der Waals surface area contributed by atoms with Gasteiger partial charge in [-0.3, -0.25) is 4.79 Å². The van der Waals surface area contributed by atoms with Crippen LogP contribution in [0.3, 0.4) is 0 Å². The van der Waals surface area contributed by atoms with Crippen molar-refractivity contribution >= 4 is 17.4 Å². The number of anilines is 2. The molecular formula is C14H16N4O2. The summed E-state index contributed by atoms with van der Waals surface area (Å²) in [6.07, 6.45) is 1.94. The van der Waals surface area contributed by atoms with Crippen molar-refractivity contribution in [1.29, 1.82) is 0 Å². The molecule has 1 heterocycles. The van der Waals surface area contributed by atoms with Crippen molar-refractivity contribution in [3.05, 3.63) is 35.9 Å². The van der Waals surface area contributed by atoms with Crippen LogP contribution in [0, 0.1) is 0 Å². The Morgan fingerprint density at radius 2 is 2.00 bits per heavy atom. The molecule has 6 nitrogen and oxygen atoms in total. The van der Waals surface area contributed by atoms with Crippen LogP contribution in [-0.4, -0.2) is 22.1 Å². The summed E-state index contributed by atoms with van der Waals surface area (Å²) in [5.74, 6) is 1.12. The Bertz CT molecular complexity index is 596. The number of nitrogens with two attached hydrogens (primary N) is 1. The first-order valence-electron chi connectivity index (χ1n) is 6.63. The third kappa shape index (κ3) is 2.64. The second kappa shape index (κ2) is 5.32. The fourth-order valence-electron chi connectivity index (χ4n) is 2.72. The van der Waals surface area contributed by atoms with Gasteiger partial charge >= 0.3 is 0 Å². The first kappa shape index (κ1) is 12.7. The molecule has 0 amide bonds. The number of nitrogens with one attached hydrogen (secondary N) is 1. The number of benzene rings is 1. The van der Waals surface area contributed by atoms with Crippen molar-refractivity contribution in [2.75, 3.05) is 11.1 Å². The van der Waals surface area contributed by atoms with Gasteiger partial charge in [0.1, 0.15) is 5.78 Å². The lowest BCUT2D eigenvalue weighted by molar-refractivity contribution is -0.120. The molecule has 0 unspecified atom stereocenters. The first-order valence-corrected chi connectivity index (χ1v) is 6.63. The zero-order valence-electron chi connectivity index (χ0n) is 11.0. The summed E-state index contributed by atoms with van der Waals surface area (Å²) in [7, 11) is 0. The van der Waals surface area contributed by atoms with Gasteiger partial charge in [-0.2, -0.15) is 0 Å². The Morgan fingerprint density at radius 1 is 1.20 bits per heavy atom. The largest absolute Gasteiger partial charge is 0.378 e. The third-order valence-electron chi connectivity index (χ3n) is 3.64. The van der Waals surface area contributed by atoms with Gasteiger partial charge < -0.3 is 11.1 Å². The lowest BCUT2D eigenvalue weighted by Crippen LogP contribution is -2.31. The van der Waals surface area contributed by atoms with Gasteiger partial charge in [-0.05, 0) is 28.2 Å². The van der Waals surface area contributed by atoms with Crippen LogP contribution in [0.1, 0.15) is 30.7 Å². The van der Waals surface area contributed by atoms with Crippen LogP contribution in [0.2, 0.25) is 0 Å². The number of nitrogens with zero attached hydrogens (tertiary/aromatic N) is 2. The number of rotatable bonds is 3.